The highest BCUT2D eigenvalue weighted by molar-refractivity contribution is 5.54. The molecule has 1 aliphatic rings. The van der Waals surface area contributed by atoms with Crippen LogP contribution < -0.4 is 10.6 Å². The number of hydrogen-bond donors (Lipinski definition) is 3. The molecule has 1 saturated carbocycles. The van der Waals surface area contributed by atoms with Crippen LogP contribution in [-0.2, 0) is 0 Å². The van der Waals surface area contributed by atoms with Crippen molar-refractivity contribution in [2.75, 3.05) is 17.2 Å². The van der Waals surface area contributed by atoms with Crippen molar-refractivity contribution < 1.29 is 5.11 Å². The summed E-state index contributed by atoms with van der Waals surface area (Å²) >= 11 is 0. The number of pyridine rings is 1. The first kappa shape index (κ1) is 10.2. The molecule has 2 rings (SSSR count). The van der Waals surface area contributed by atoms with E-state index in [1.807, 2.05) is 18.5 Å². The second-order valence-electron chi connectivity index (χ2n) is 3.96. The second-order valence-corrected chi connectivity index (χ2v) is 3.96. The molecule has 0 unspecified atom stereocenters. The molecule has 0 radical (unpaired) electrons. The number of rotatable bonds is 4. The van der Waals surface area contributed by atoms with E-state index in [9.17, 15) is 0 Å². The number of nitrogens with zero attached hydrogens (tertiary/aromatic N) is 1. The van der Waals surface area contributed by atoms with E-state index in [4.69, 9.17) is 5.11 Å². The Bertz CT molecular complexity index is 323. The van der Waals surface area contributed by atoms with E-state index < -0.39 is 0 Å². The first-order valence-corrected chi connectivity index (χ1v) is 5.41. The Morgan fingerprint density at radius 3 is 2.80 bits per heavy atom. The van der Waals surface area contributed by atoms with E-state index in [0.717, 1.165) is 30.8 Å². The minimum Gasteiger partial charge on any atom is -0.393 e. The molecule has 1 aromatic rings. The molecule has 1 fully saturated rings. The molecule has 3 N–H and O–H groups in total. The van der Waals surface area contributed by atoms with Gasteiger partial charge in [-0.15, -0.1) is 0 Å². The van der Waals surface area contributed by atoms with E-state index in [2.05, 4.69) is 22.5 Å². The van der Waals surface area contributed by atoms with E-state index in [1.54, 1.807) is 0 Å². The zero-order valence-electron chi connectivity index (χ0n) is 8.90. The van der Waals surface area contributed by atoms with Crippen LogP contribution in [0.1, 0.15) is 19.8 Å². The predicted octanol–water partition coefficient (Wildman–Crippen LogP) is 1.45. The van der Waals surface area contributed by atoms with Gasteiger partial charge < -0.3 is 15.7 Å². The van der Waals surface area contributed by atoms with Crippen LogP contribution in [0.3, 0.4) is 0 Å². The zero-order valence-corrected chi connectivity index (χ0v) is 8.90. The Kier molecular flexibility index (Phi) is 3.06. The number of aliphatic hydroxyl groups is 1. The van der Waals surface area contributed by atoms with Gasteiger partial charge in [-0.2, -0.15) is 0 Å². The van der Waals surface area contributed by atoms with Gasteiger partial charge in [-0.3, -0.25) is 4.98 Å². The predicted molar refractivity (Wildman–Crippen MR) is 61.1 cm³/mol. The van der Waals surface area contributed by atoms with Crippen LogP contribution in [0.4, 0.5) is 11.4 Å². The summed E-state index contributed by atoms with van der Waals surface area (Å²) in [4.78, 5) is 4.15. The summed E-state index contributed by atoms with van der Waals surface area (Å²) in [5.41, 5.74) is 2.05. The molecule has 0 spiro atoms. The topological polar surface area (TPSA) is 57.2 Å². The van der Waals surface area contributed by atoms with Gasteiger partial charge in [0, 0.05) is 12.6 Å². The van der Waals surface area contributed by atoms with Gasteiger partial charge in [0.15, 0.2) is 0 Å². The molecule has 0 atom stereocenters. The first-order chi connectivity index (χ1) is 7.28. The second kappa shape index (κ2) is 4.49. The fraction of sp³-hybridized carbons (Fsp3) is 0.545. The monoisotopic (exact) mass is 207 g/mol. The Balaban J connectivity index is 1.93. The summed E-state index contributed by atoms with van der Waals surface area (Å²) in [5.74, 6) is 0. The number of aromatic nitrogens is 1. The highest BCUT2D eigenvalue weighted by Crippen LogP contribution is 2.24. The lowest BCUT2D eigenvalue weighted by molar-refractivity contribution is 0.0836. The lowest BCUT2D eigenvalue weighted by Gasteiger charge is -2.32. The van der Waals surface area contributed by atoms with Gasteiger partial charge in [0.1, 0.15) is 0 Å². The maximum absolute atomic E-state index is 9.17. The quantitative estimate of drug-likeness (QED) is 0.699. The fourth-order valence-electron chi connectivity index (χ4n) is 1.76. The van der Waals surface area contributed by atoms with E-state index >= 15 is 0 Å². The molecule has 0 aliphatic heterocycles. The molecule has 15 heavy (non-hydrogen) atoms. The van der Waals surface area contributed by atoms with Crippen LogP contribution in [0, 0.1) is 0 Å². The molecule has 0 amide bonds. The van der Waals surface area contributed by atoms with Gasteiger partial charge in [0.2, 0.25) is 0 Å². The molecular formula is C11H17N3O. The van der Waals surface area contributed by atoms with Crippen LogP contribution in [0.15, 0.2) is 18.5 Å². The van der Waals surface area contributed by atoms with Crippen LogP contribution in [0.25, 0.3) is 0 Å². The van der Waals surface area contributed by atoms with Crippen molar-refractivity contribution >= 4 is 11.4 Å². The van der Waals surface area contributed by atoms with Gasteiger partial charge in [0.05, 0.1) is 29.9 Å². The Morgan fingerprint density at radius 2 is 2.13 bits per heavy atom. The lowest BCUT2D eigenvalue weighted by Crippen LogP contribution is -2.38. The van der Waals surface area contributed by atoms with Gasteiger partial charge in [-0.05, 0) is 25.8 Å². The third kappa shape index (κ3) is 2.59. The Hall–Kier alpha value is -1.29. The van der Waals surface area contributed by atoms with Gasteiger partial charge in [-0.1, -0.05) is 0 Å². The van der Waals surface area contributed by atoms with E-state index in [0.29, 0.717) is 6.04 Å². The summed E-state index contributed by atoms with van der Waals surface area (Å²) in [6.45, 7) is 2.95. The smallest absolute Gasteiger partial charge is 0.0579 e. The molecule has 4 nitrogen and oxygen atoms in total. The fourth-order valence-corrected chi connectivity index (χ4v) is 1.76. The summed E-state index contributed by atoms with van der Waals surface area (Å²) in [5, 5.41) is 15.7. The van der Waals surface area contributed by atoms with Crippen LogP contribution in [-0.4, -0.2) is 28.8 Å². The maximum atomic E-state index is 9.17. The van der Waals surface area contributed by atoms with Crippen molar-refractivity contribution in [3.05, 3.63) is 18.5 Å². The molecule has 0 aromatic carbocycles. The number of aliphatic hydroxyl groups excluding tert-OH is 1. The van der Waals surface area contributed by atoms with Crippen molar-refractivity contribution in [1.29, 1.82) is 0 Å². The van der Waals surface area contributed by atoms with Gasteiger partial charge in [-0.25, -0.2) is 0 Å². The standard InChI is InChI=1S/C11H17N3O/c1-2-13-9-3-10(7-12-6-9)14-8-4-11(15)5-8/h3,6-8,11,13-15H,2,4-5H2,1H3. The summed E-state index contributed by atoms with van der Waals surface area (Å²) < 4.78 is 0. The molecule has 1 aliphatic carbocycles. The van der Waals surface area contributed by atoms with Crippen LogP contribution in [0.2, 0.25) is 0 Å². The first-order valence-electron chi connectivity index (χ1n) is 5.41. The van der Waals surface area contributed by atoms with Crippen molar-refractivity contribution in [2.24, 2.45) is 0 Å². The number of nitrogens with one attached hydrogen (secondary N) is 2. The molecule has 4 heteroatoms. The minimum atomic E-state index is -0.118. The van der Waals surface area contributed by atoms with Crippen molar-refractivity contribution in [3.8, 4) is 0 Å². The molecule has 1 aromatic heterocycles. The SMILES string of the molecule is CCNc1cncc(NC2CC(O)C2)c1. The van der Waals surface area contributed by atoms with Crippen LogP contribution in [0.5, 0.6) is 0 Å². The Labute approximate surface area is 89.7 Å². The molecule has 0 saturated heterocycles. The third-order valence-corrected chi connectivity index (χ3v) is 2.60. The normalized spacial score (nSPS) is 24.4. The summed E-state index contributed by atoms with van der Waals surface area (Å²) in [6.07, 6.45) is 5.18. The average molecular weight is 207 g/mol. The highest BCUT2D eigenvalue weighted by atomic mass is 16.3. The molecule has 82 valence electrons. The summed E-state index contributed by atoms with van der Waals surface area (Å²) in [7, 11) is 0. The number of hydrogen-bond acceptors (Lipinski definition) is 4. The van der Waals surface area contributed by atoms with Crippen molar-refractivity contribution in [3.63, 3.8) is 0 Å². The number of anilines is 2. The van der Waals surface area contributed by atoms with Gasteiger partial charge >= 0.3 is 0 Å². The molecule has 1 heterocycles. The largest absolute Gasteiger partial charge is 0.393 e. The lowest BCUT2D eigenvalue weighted by atomic mass is 9.89. The Morgan fingerprint density at radius 1 is 1.40 bits per heavy atom. The van der Waals surface area contributed by atoms with E-state index in [1.165, 1.54) is 0 Å². The highest BCUT2D eigenvalue weighted by Gasteiger charge is 2.26. The molecular weight excluding hydrogens is 190 g/mol. The van der Waals surface area contributed by atoms with Crippen molar-refractivity contribution in [1.82, 2.24) is 4.98 Å². The van der Waals surface area contributed by atoms with Crippen molar-refractivity contribution in [2.45, 2.75) is 31.9 Å². The maximum Gasteiger partial charge on any atom is 0.0579 e. The van der Waals surface area contributed by atoms with Crippen LogP contribution >= 0.6 is 0 Å². The minimum absolute atomic E-state index is 0.118. The summed E-state index contributed by atoms with van der Waals surface area (Å²) in [6, 6.07) is 2.44. The average Bonchev–Trinajstić information content (AvgIpc) is 2.17. The third-order valence-electron chi connectivity index (χ3n) is 2.60. The zero-order chi connectivity index (χ0) is 10.7. The van der Waals surface area contributed by atoms with E-state index in [-0.39, 0.29) is 6.10 Å². The van der Waals surface area contributed by atoms with Gasteiger partial charge in [0.25, 0.3) is 0 Å². The molecule has 0 bridgehead atoms.